The average molecular weight is 377 g/mol. The van der Waals surface area contributed by atoms with E-state index in [9.17, 15) is 13.2 Å². The van der Waals surface area contributed by atoms with Gasteiger partial charge in [0.15, 0.2) is 9.84 Å². The maximum Gasteiger partial charge on any atom is 0.254 e. The number of ether oxygens (including phenoxy) is 1. The Hall–Kier alpha value is -0.990. The Morgan fingerprint density at radius 3 is 2.81 bits per heavy atom. The number of morpholine rings is 1. The van der Waals surface area contributed by atoms with E-state index in [-0.39, 0.29) is 24.3 Å². The summed E-state index contributed by atoms with van der Waals surface area (Å²) < 4.78 is 28.7. The van der Waals surface area contributed by atoms with Crippen molar-refractivity contribution >= 4 is 37.5 Å². The zero-order chi connectivity index (χ0) is 15.6. The van der Waals surface area contributed by atoms with Gasteiger partial charge in [-0.25, -0.2) is 13.4 Å². The fourth-order valence-corrected chi connectivity index (χ4v) is 3.54. The number of hydrogen-bond acceptors (Lipinski definition) is 5. The summed E-state index contributed by atoms with van der Waals surface area (Å²) in [5, 5.41) is 0. The molecule has 0 radical (unpaired) electrons. The van der Waals surface area contributed by atoms with Crippen LogP contribution in [0.1, 0.15) is 18.9 Å². The molecule has 8 heteroatoms. The number of amides is 1. The molecule has 1 aliphatic rings. The van der Waals surface area contributed by atoms with E-state index in [0.29, 0.717) is 22.6 Å². The second-order valence-corrected chi connectivity index (χ2v) is 8.02. The van der Waals surface area contributed by atoms with Crippen molar-refractivity contribution in [1.29, 1.82) is 0 Å². The molecule has 1 amide bonds. The van der Waals surface area contributed by atoms with E-state index in [0.717, 1.165) is 6.42 Å². The summed E-state index contributed by atoms with van der Waals surface area (Å²) in [4.78, 5) is 18.0. The normalized spacial score (nSPS) is 19.9. The summed E-state index contributed by atoms with van der Waals surface area (Å²) in [6.45, 7) is 2.44. The molecule has 0 aliphatic carbocycles. The van der Waals surface area contributed by atoms with Crippen LogP contribution in [0, 0.1) is 0 Å². The first kappa shape index (κ1) is 16.4. The molecule has 0 N–H and O–H groups in total. The Morgan fingerprint density at radius 2 is 2.19 bits per heavy atom. The SMILES string of the molecule is CCC1COCC(=O)N1c1cc(CS(C)(=O)=O)cc(Br)n1. The highest BCUT2D eigenvalue weighted by Crippen LogP contribution is 2.24. The highest BCUT2D eigenvalue weighted by molar-refractivity contribution is 9.10. The van der Waals surface area contributed by atoms with Crippen molar-refractivity contribution in [3.05, 3.63) is 22.3 Å². The van der Waals surface area contributed by atoms with E-state index < -0.39 is 9.84 Å². The van der Waals surface area contributed by atoms with Crippen LogP contribution in [-0.2, 0) is 25.1 Å². The van der Waals surface area contributed by atoms with Gasteiger partial charge < -0.3 is 4.74 Å². The third-order valence-corrected chi connectivity index (χ3v) is 4.42. The maximum atomic E-state index is 12.1. The molecule has 0 spiro atoms. The lowest BCUT2D eigenvalue weighted by atomic mass is 10.1. The number of halogens is 1. The molecule has 6 nitrogen and oxygen atoms in total. The van der Waals surface area contributed by atoms with Crippen molar-refractivity contribution in [1.82, 2.24) is 4.98 Å². The summed E-state index contributed by atoms with van der Waals surface area (Å²) in [7, 11) is -3.15. The van der Waals surface area contributed by atoms with E-state index in [1.807, 2.05) is 6.92 Å². The van der Waals surface area contributed by atoms with Crippen LogP contribution < -0.4 is 4.90 Å². The van der Waals surface area contributed by atoms with Crippen molar-refractivity contribution < 1.29 is 17.9 Å². The lowest BCUT2D eigenvalue weighted by molar-refractivity contribution is -0.127. The van der Waals surface area contributed by atoms with Gasteiger partial charge in [-0.1, -0.05) is 6.92 Å². The maximum absolute atomic E-state index is 12.1. The Bertz CT molecular complexity index is 648. The minimum atomic E-state index is -3.15. The minimum absolute atomic E-state index is 0.0199. The molecule has 1 atom stereocenters. The van der Waals surface area contributed by atoms with E-state index in [1.54, 1.807) is 17.0 Å². The van der Waals surface area contributed by atoms with E-state index >= 15 is 0 Å². The van der Waals surface area contributed by atoms with Crippen LogP contribution >= 0.6 is 15.9 Å². The Morgan fingerprint density at radius 1 is 1.48 bits per heavy atom. The lowest BCUT2D eigenvalue weighted by Gasteiger charge is -2.34. The van der Waals surface area contributed by atoms with Crippen molar-refractivity contribution in [3.8, 4) is 0 Å². The molecule has 0 aromatic carbocycles. The van der Waals surface area contributed by atoms with E-state index in [2.05, 4.69) is 20.9 Å². The van der Waals surface area contributed by atoms with Crippen LogP contribution in [0.15, 0.2) is 16.7 Å². The van der Waals surface area contributed by atoms with Crippen molar-refractivity contribution in [2.24, 2.45) is 0 Å². The third-order valence-electron chi connectivity index (χ3n) is 3.16. The first-order valence-corrected chi connectivity index (χ1v) is 9.39. The molecule has 1 aliphatic heterocycles. The monoisotopic (exact) mass is 376 g/mol. The first-order chi connectivity index (χ1) is 9.80. The molecular formula is C13H17BrN2O4S. The second-order valence-electron chi connectivity index (χ2n) is 5.07. The summed E-state index contributed by atoms with van der Waals surface area (Å²) in [6, 6.07) is 3.22. The molecule has 116 valence electrons. The van der Waals surface area contributed by atoms with Gasteiger partial charge in [0, 0.05) is 6.26 Å². The van der Waals surface area contributed by atoms with Gasteiger partial charge in [-0.3, -0.25) is 9.69 Å². The average Bonchev–Trinajstić information content (AvgIpc) is 2.35. The molecular weight excluding hydrogens is 360 g/mol. The zero-order valence-corrected chi connectivity index (χ0v) is 14.3. The van der Waals surface area contributed by atoms with Crippen molar-refractivity contribution in [2.45, 2.75) is 25.1 Å². The van der Waals surface area contributed by atoms with Gasteiger partial charge >= 0.3 is 0 Å². The van der Waals surface area contributed by atoms with Crippen LogP contribution in [0.2, 0.25) is 0 Å². The van der Waals surface area contributed by atoms with Crippen molar-refractivity contribution in [2.75, 3.05) is 24.4 Å². The largest absolute Gasteiger partial charge is 0.369 e. The molecule has 1 aromatic heterocycles. The van der Waals surface area contributed by atoms with Crippen LogP contribution in [0.4, 0.5) is 5.82 Å². The highest BCUT2D eigenvalue weighted by Gasteiger charge is 2.30. The van der Waals surface area contributed by atoms with Crippen LogP contribution in [-0.4, -0.2) is 44.8 Å². The number of sulfone groups is 1. The number of anilines is 1. The van der Waals surface area contributed by atoms with Gasteiger partial charge in [0.1, 0.15) is 17.0 Å². The summed E-state index contributed by atoms with van der Waals surface area (Å²) in [5.74, 6) is 0.211. The van der Waals surface area contributed by atoms with Crippen LogP contribution in [0.25, 0.3) is 0 Å². The molecule has 0 bridgehead atoms. The quantitative estimate of drug-likeness (QED) is 0.744. The molecule has 2 rings (SSSR count). The number of hydrogen-bond donors (Lipinski definition) is 0. The van der Waals surface area contributed by atoms with E-state index in [4.69, 9.17) is 4.74 Å². The predicted octanol–water partition coefficient (Wildman–Crippen LogP) is 1.53. The van der Waals surface area contributed by atoms with E-state index in [1.165, 1.54) is 6.26 Å². The third kappa shape index (κ3) is 4.24. The number of aromatic nitrogens is 1. The fourth-order valence-electron chi connectivity index (χ4n) is 2.29. The minimum Gasteiger partial charge on any atom is -0.369 e. The molecule has 1 unspecified atom stereocenters. The Kier molecular flexibility index (Phi) is 5.00. The number of nitrogens with zero attached hydrogens (tertiary/aromatic N) is 2. The van der Waals surface area contributed by atoms with Crippen molar-refractivity contribution in [3.63, 3.8) is 0 Å². The smallest absolute Gasteiger partial charge is 0.254 e. The second kappa shape index (κ2) is 6.41. The summed E-state index contributed by atoms with van der Waals surface area (Å²) in [5.41, 5.74) is 0.600. The van der Waals surface area contributed by atoms with Gasteiger partial charge in [-0.15, -0.1) is 0 Å². The highest BCUT2D eigenvalue weighted by atomic mass is 79.9. The zero-order valence-electron chi connectivity index (χ0n) is 11.9. The lowest BCUT2D eigenvalue weighted by Crippen LogP contribution is -2.49. The summed E-state index contributed by atoms with van der Waals surface area (Å²) >= 11 is 3.27. The molecule has 1 saturated heterocycles. The number of carbonyl (C=O) groups excluding carboxylic acids is 1. The molecule has 0 saturated carbocycles. The Balaban J connectivity index is 2.40. The van der Waals surface area contributed by atoms with Crippen LogP contribution in [0.5, 0.6) is 0 Å². The predicted molar refractivity (Wildman–Crippen MR) is 82.9 cm³/mol. The van der Waals surface area contributed by atoms with Gasteiger partial charge in [0.05, 0.1) is 18.4 Å². The molecule has 1 fully saturated rings. The number of carbonyl (C=O) groups is 1. The standard InChI is InChI=1S/C13H17BrN2O4S/c1-3-10-6-20-7-13(17)16(10)12-5-9(4-11(14)15-12)8-21(2,18)19/h4-5,10H,3,6-8H2,1-2H3. The molecule has 21 heavy (non-hydrogen) atoms. The number of pyridine rings is 1. The van der Waals surface area contributed by atoms with Gasteiger partial charge in [0.2, 0.25) is 0 Å². The van der Waals surface area contributed by atoms with Gasteiger partial charge in [-0.2, -0.15) is 0 Å². The van der Waals surface area contributed by atoms with Gasteiger partial charge in [-0.05, 0) is 40.0 Å². The van der Waals surface area contributed by atoms with Gasteiger partial charge in [0.25, 0.3) is 5.91 Å². The number of rotatable bonds is 4. The first-order valence-electron chi connectivity index (χ1n) is 6.54. The summed E-state index contributed by atoms with van der Waals surface area (Å²) in [6.07, 6.45) is 1.91. The topological polar surface area (TPSA) is 76.6 Å². The fraction of sp³-hybridized carbons (Fsp3) is 0.538. The molecule has 1 aromatic rings. The Labute approximate surface area is 132 Å². The van der Waals surface area contributed by atoms with Crippen LogP contribution in [0.3, 0.4) is 0 Å². The molecule has 2 heterocycles.